The van der Waals surface area contributed by atoms with Gasteiger partial charge in [-0.05, 0) is 24.3 Å². The summed E-state index contributed by atoms with van der Waals surface area (Å²) >= 11 is 0. The fourth-order valence-electron chi connectivity index (χ4n) is 3.58. The van der Waals surface area contributed by atoms with Gasteiger partial charge in [0.2, 0.25) is 0 Å². The molecule has 4 rings (SSSR count). The molecule has 0 radical (unpaired) electrons. The number of ketones is 1. The number of benzene rings is 1. The number of nitrogens with zero attached hydrogens (tertiary/aromatic N) is 2. The predicted octanol–water partition coefficient (Wildman–Crippen LogP) is 2.20. The number of hydrogen-bond donors (Lipinski definition) is 0. The summed E-state index contributed by atoms with van der Waals surface area (Å²) in [5.74, 6) is -0.155. The second-order valence-corrected chi connectivity index (χ2v) is 6.23. The maximum absolute atomic E-state index is 12.8. The number of likely N-dealkylation sites (tertiary alicyclic amines) is 1. The maximum Gasteiger partial charge on any atom is 0.273 e. The number of carbonyl (C=O) groups is 2. The largest absolute Gasteiger partial charge is 0.367 e. The minimum atomic E-state index is -0.636. The third kappa shape index (κ3) is 2.32. The highest BCUT2D eigenvalue weighted by atomic mass is 16.5. The van der Waals surface area contributed by atoms with Crippen LogP contribution in [-0.4, -0.2) is 46.9 Å². The topological polar surface area (TPSA) is 59.5 Å². The molecule has 2 aliphatic heterocycles. The molecule has 0 N–H and O–H groups in total. The first-order valence-corrected chi connectivity index (χ1v) is 8.00. The van der Waals surface area contributed by atoms with Crippen LogP contribution in [0.1, 0.15) is 29.8 Å². The third-order valence-electron chi connectivity index (χ3n) is 4.89. The van der Waals surface area contributed by atoms with Crippen LogP contribution >= 0.6 is 0 Å². The molecule has 2 aliphatic rings. The minimum absolute atomic E-state index is 0.0230. The van der Waals surface area contributed by atoms with Gasteiger partial charge in [0.1, 0.15) is 11.3 Å². The Balaban J connectivity index is 1.61. The maximum atomic E-state index is 12.8. The van der Waals surface area contributed by atoms with Gasteiger partial charge in [-0.15, -0.1) is 0 Å². The van der Waals surface area contributed by atoms with E-state index >= 15 is 0 Å². The Bertz CT molecular complexity index is 775. The van der Waals surface area contributed by atoms with Crippen LogP contribution in [0.3, 0.4) is 0 Å². The van der Waals surface area contributed by atoms with Crippen molar-refractivity contribution in [3.63, 3.8) is 0 Å². The second-order valence-electron chi connectivity index (χ2n) is 6.23. The van der Waals surface area contributed by atoms with Gasteiger partial charge in [-0.25, -0.2) is 0 Å². The molecular formula is C18H18N2O3. The van der Waals surface area contributed by atoms with Crippen LogP contribution in [0.25, 0.3) is 10.8 Å². The molecule has 3 heterocycles. The number of hydrogen-bond acceptors (Lipinski definition) is 4. The highest BCUT2D eigenvalue weighted by Gasteiger charge is 2.46. The molecule has 1 aromatic heterocycles. The summed E-state index contributed by atoms with van der Waals surface area (Å²) in [5.41, 5.74) is -0.220. The summed E-state index contributed by atoms with van der Waals surface area (Å²) in [5, 5.41) is 1.80. The Morgan fingerprint density at radius 1 is 1.22 bits per heavy atom. The Hall–Kier alpha value is -2.27. The first kappa shape index (κ1) is 14.3. The van der Waals surface area contributed by atoms with E-state index in [1.54, 1.807) is 11.1 Å². The van der Waals surface area contributed by atoms with Crippen LogP contribution < -0.4 is 0 Å². The summed E-state index contributed by atoms with van der Waals surface area (Å²) in [6, 6.07) is 9.56. The molecule has 0 saturated carbocycles. The molecule has 5 heteroatoms. The summed E-state index contributed by atoms with van der Waals surface area (Å²) in [7, 11) is 0. The van der Waals surface area contributed by atoms with Crippen molar-refractivity contribution in [1.82, 2.24) is 9.88 Å². The first-order chi connectivity index (χ1) is 11.2. The molecule has 118 valence electrons. The van der Waals surface area contributed by atoms with E-state index in [0.29, 0.717) is 25.3 Å². The van der Waals surface area contributed by atoms with E-state index in [9.17, 15) is 9.59 Å². The van der Waals surface area contributed by atoms with Gasteiger partial charge >= 0.3 is 0 Å². The van der Waals surface area contributed by atoms with Crippen LogP contribution in [-0.2, 0) is 9.53 Å². The van der Waals surface area contributed by atoms with Gasteiger partial charge in [-0.3, -0.25) is 14.6 Å². The van der Waals surface area contributed by atoms with Crippen molar-refractivity contribution >= 4 is 22.5 Å². The van der Waals surface area contributed by atoms with Crippen molar-refractivity contribution in [2.75, 3.05) is 19.7 Å². The standard InChI is InChI=1S/C18H18N2O3/c21-15-12-20(10-8-18(15)7-3-11-23-18)17(22)16-14-5-2-1-4-13(14)6-9-19-16/h1-2,4-6,9H,3,7-8,10-12H2. The summed E-state index contributed by atoms with van der Waals surface area (Å²) in [6.45, 7) is 1.30. The summed E-state index contributed by atoms with van der Waals surface area (Å²) in [6.07, 6.45) is 3.93. The zero-order valence-electron chi connectivity index (χ0n) is 12.8. The van der Waals surface area contributed by atoms with Gasteiger partial charge in [-0.2, -0.15) is 0 Å². The Morgan fingerprint density at radius 2 is 2.09 bits per heavy atom. The number of aromatic nitrogens is 1. The summed E-state index contributed by atoms with van der Waals surface area (Å²) < 4.78 is 5.69. The minimum Gasteiger partial charge on any atom is -0.367 e. The number of rotatable bonds is 1. The zero-order valence-corrected chi connectivity index (χ0v) is 12.8. The number of ether oxygens (including phenoxy) is 1. The van der Waals surface area contributed by atoms with Crippen LogP contribution in [0.5, 0.6) is 0 Å². The van der Waals surface area contributed by atoms with Crippen LogP contribution in [0, 0.1) is 0 Å². The van der Waals surface area contributed by atoms with E-state index in [1.807, 2.05) is 30.3 Å². The Morgan fingerprint density at radius 3 is 2.87 bits per heavy atom. The molecule has 1 atom stereocenters. The molecule has 2 aromatic rings. The number of Topliss-reactive ketones (excluding diaryl/α,β-unsaturated/α-hetero) is 1. The van der Waals surface area contributed by atoms with E-state index in [-0.39, 0.29) is 18.2 Å². The predicted molar refractivity (Wildman–Crippen MR) is 85.2 cm³/mol. The lowest BCUT2D eigenvalue weighted by Gasteiger charge is -2.37. The zero-order chi connectivity index (χ0) is 15.9. The monoisotopic (exact) mass is 310 g/mol. The number of piperidine rings is 1. The second kappa shape index (κ2) is 5.42. The summed E-state index contributed by atoms with van der Waals surface area (Å²) in [4.78, 5) is 31.2. The molecule has 2 fully saturated rings. The lowest BCUT2D eigenvalue weighted by Crippen LogP contribution is -2.53. The normalized spacial score (nSPS) is 24.5. The van der Waals surface area contributed by atoms with Crippen molar-refractivity contribution in [2.45, 2.75) is 24.9 Å². The Labute approximate surface area is 134 Å². The molecular weight excluding hydrogens is 292 g/mol. The molecule has 1 amide bonds. The Kier molecular flexibility index (Phi) is 3.38. The van der Waals surface area contributed by atoms with Gasteiger partial charge in [0.15, 0.2) is 5.78 Å². The van der Waals surface area contributed by atoms with Gasteiger partial charge in [-0.1, -0.05) is 24.3 Å². The van der Waals surface area contributed by atoms with E-state index in [4.69, 9.17) is 4.74 Å². The van der Waals surface area contributed by atoms with Crippen molar-refractivity contribution < 1.29 is 14.3 Å². The van der Waals surface area contributed by atoms with Gasteiger partial charge in [0.05, 0.1) is 6.54 Å². The quantitative estimate of drug-likeness (QED) is 0.810. The highest BCUT2D eigenvalue weighted by Crippen LogP contribution is 2.34. The van der Waals surface area contributed by atoms with Gasteiger partial charge < -0.3 is 9.64 Å². The fourth-order valence-corrected chi connectivity index (χ4v) is 3.58. The van der Waals surface area contributed by atoms with Crippen molar-refractivity contribution in [3.05, 3.63) is 42.2 Å². The van der Waals surface area contributed by atoms with Crippen LogP contribution in [0.15, 0.2) is 36.5 Å². The molecule has 5 nitrogen and oxygen atoms in total. The van der Waals surface area contributed by atoms with Crippen LogP contribution in [0.4, 0.5) is 0 Å². The van der Waals surface area contributed by atoms with E-state index < -0.39 is 5.60 Å². The molecule has 2 saturated heterocycles. The highest BCUT2D eigenvalue weighted by molar-refractivity contribution is 6.06. The average molecular weight is 310 g/mol. The number of carbonyl (C=O) groups excluding carboxylic acids is 2. The fraction of sp³-hybridized carbons (Fsp3) is 0.389. The van der Waals surface area contributed by atoms with E-state index in [1.165, 1.54) is 0 Å². The lowest BCUT2D eigenvalue weighted by atomic mass is 9.87. The molecule has 0 aliphatic carbocycles. The van der Waals surface area contributed by atoms with Crippen molar-refractivity contribution in [1.29, 1.82) is 0 Å². The van der Waals surface area contributed by atoms with Gasteiger partial charge in [0.25, 0.3) is 5.91 Å². The van der Waals surface area contributed by atoms with E-state index in [0.717, 1.165) is 23.6 Å². The number of amides is 1. The van der Waals surface area contributed by atoms with Gasteiger partial charge in [0, 0.05) is 31.2 Å². The smallest absolute Gasteiger partial charge is 0.273 e. The van der Waals surface area contributed by atoms with Crippen LogP contribution in [0.2, 0.25) is 0 Å². The molecule has 1 spiro atoms. The number of pyridine rings is 1. The molecule has 1 aromatic carbocycles. The average Bonchev–Trinajstić information content (AvgIpc) is 3.06. The molecule has 23 heavy (non-hydrogen) atoms. The molecule has 1 unspecified atom stereocenters. The lowest BCUT2D eigenvalue weighted by molar-refractivity contribution is -0.144. The molecule has 0 bridgehead atoms. The van der Waals surface area contributed by atoms with Crippen molar-refractivity contribution in [3.8, 4) is 0 Å². The third-order valence-corrected chi connectivity index (χ3v) is 4.89. The first-order valence-electron chi connectivity index (χ1n) is 8.00. The van der Waals surface area contributed by atoms with E-state index in [2.05, 4.69) is 4.98 Å². The van der Waals surface area contributed by atoms with Crippen molar-refractivity contribution in [2.24, 2.45) is 0 Å². The number of fused-ring (bicyclic) bond motifs is 1. The SMILES string of the molecule is O=C(c1nccc2ccccc12)N1CCC2(CCCO2)C(=O)C1.